The lowest BCUT2D eigenvalue weighted by atomic mass is 10.2. The molecule has 7 heteroatoms. The molecule has 5 nitrogen and oxygen atoms in total. The van der Waals surface area contributed by atoms with Crippen molar-refractivity contribution in [1.29, 1.82) is 0 Å². The molecule has 20 heavy (non-hydrogen) atoms. The number of benzene rings is 1. The summed E-state index contributed by atoms with van der Waals surface area (Å²) in [6.07, 6.45) is 2.56. The fourth-order valence-corrected chi connectivity index (χ4v) is 1.59. The Morgan fingerprint density at radius 3 is 2.70 bits per heavy atom. The molecule has 2 rings (SSSR count). The predicted octanol–water partition coefficient (Wildman–Crippen LogP) is 3.12. The third-order valence-corrected chi connectivity index (χ3v) is 2.42. The van der Waals surface area contributed by atoms with Crippen LogP contribution in [0.2, 0.25) is 0 Å². The first-order valence-electron chi connectivity index (χ1n) is 5.56. The molecule has 2 N–H and O–H groups in total. The number of carboxylic acid groups (broad SMARTS) is 1. The summed E-state index contributed by atoms with van der Waals surface area (Å²) in [7, 11) is 0. The summed E-state index contributed by atoms with van der Waals surface area (Å²) in [6.45, 7) is -2.96. The van der Waals surface area contributed by atoms with Crippen LogP contribution in [0.5, 0.6) is 5.75 Å². The Hall–Kier alpha value is -2.70. The van der Waals surface area contributed by atoms with Crippen LogP contribution in [0.15, 0.2) is 42.7 Å². The number of halogens is 2. The maximum absolute atomic E-state index is 12.3. The number of aromatic nitrogens is 1. The van der Waals surface area contributed by atoms with Crippen molar-refractivity contribution in [1.82, 2.24) is 4.98 Å². The van der Waals surface area contributed by atoms with Gasteiger partial charge in [-0.05, 0) is 18.2 Å². The molecule has 0 atom stereocenters. The minimum absolute atomic E-state index is 0.0700. The van der Waals surface area contributed by atoms with Gasteiger partial charge in [0.1, 0.15) is 11.3 Å². The summed E-state index contributed by atoms with van der Waals surface area (Å²) in [5, 5.41) is 11.8. The number of nitrogens with zero attached hydrogens (tertiary/aromatic N) is 1. The highest BCUT2D eigenvalue weighted by Crippen LogP contribution is 2.29. The van der Waals surface area contributed by atoms with Crippen LogP contribution in [0.3, 0.4) is 0 Å². The average molecular weight is 280 g/mol. The van der Waals surface area contributed by atoms with Crippen molar-refractivity contribution in [3.8, 4) is 5.75 Å². The summed E-state index contributed by atoms with van der Waals surface area (Å²) < 4.78 is 28.9. The van der Waals surface area contributed by atoms with Gasteiger partial charge < -0.3 is 15.2 Å². The zero-order chi connectivity index (χ0) is 14.5. The molecule has 0 aliphatic heterocycles. The number of anilines is 2. The Bertz CT molecular complexity index is 620. The first-order chi connectivity index (χ1) is 9.58. The molecule has 1 aromatic heterocycles. The molecule has 1 heterocycles. The minimum Gasteiger partial charge on any atom is -0.478 e. The molecule has 0 aliphatic rings. The van der Waals surface area contributed by atoms with E-state index in [-0.39, 0.29) is 22.7 Å². The Balaban J connectivity index is 2.33. The van der Waals surface area contributed by atoms with Gasteiger partial charge in [0.05, 0.1) is 11.4 Å². The van der Waals surface area contributed by atoms with Crippen molar-refractivity contribution in [3.05, 3.63) is 48.3 Å². The van der Waals surface area contributed by atoms with Crippen LogP contribution in [0.1, 0.15) is 10.4 Å². The summed E-state index contributed by atoms with van der Waals surface area (Å²) >= 11 is 0. The summed E-state index contributed by atoms with van der Waals surface area (Å²) in [5.74, 6) is -1.25. The van der Waals surface area contributed by atoms with E-state index in [4.69, 9.17) is 5.11 Å². The molecular formula is C13H10F2N2O3. The number of para-hydroxylation sites is 2. The largest absolute Gasteiger partial charge is 0.478 e. The van der Waals surface area contributed by atoms with Crippen molar-refractivity contribution in [2.24, 2.45) is 0 Å². The van der Waals surface area contributed by atoms with Crippen LogP contribution in [-0.2, 0) is 0 Å². The van der Waals surface area contributed by atoms with E-state index in [0.29, 0.717) is 0 Å². The second-order valence-electron chi connectivity index (χ2n) is 3.73. The fraction of sp³-hybridized carbons (Fsp3) is 0.0769. The number of nitrogens with one attached hydrogen (secondary N) is 1. The lowest BCUT2D eigenvalue weighted by Crippen LogP contribution is -2.06. The third-order valence-electron chi connectivity index (χ3n) is 2.42. The number of hydrogen-bond donors (Lipinski definition) is 2. The molecule has 0 bridgehead atoms. The molecule has 0 fully saturated rings. The molecule has 0 aliphatic carbocycles. The number of aromatic carboxylic acids is 1. The van der Waals surface area contributed by atoms with Crippen LogP contribution >= 0.6 is 0 Å². The van der Waals surface area contributed by atoms with Gasteiger partial charge in [0.2, 0.25) is 0 Å². The van der Waals surface area contributed by atoms with Crippen LogP contribution in [0.4, 0.5) is 20.2 Å². The first kappa shape index (κ1) is 13.7. The third kappa shape index (κ3) is 3.19. The van der Waals surface area contributed by atoms with E-state index in [0.717, 1.165) is 0 Å². The molecular weight excluding hydrogens is 270 g/mol. The zero-order valence-electron chi connectivity index (χ0n) is 10.1. The van der Waals surface area contributed by atoms with E-state index in [1.54, 1.807) is 6.07 Å². The van der Waals surface area contributed by atoms with Crippen molar-refractivity contribution in [2.45, 2.75) is 6.61 Å². The van der Waals surface area contributed by atoms with E-state index in [2.05, 4.69) is 15.0 Å². The Kier molecular flexibility index (Phi) is 4.09. The highest BCUT2D eigenvalue weighted by atomic mass is 19.3. The lowest BCUT2D eigenvalue weighted by Gasteiger charge is -2.13. The molecule has 0 unspecified atom stereocenters. The van der Waals surface area contributed by atoms with Crippen molar-refractivity contribution in [3.63, 3.8) is 0 Å². The second kappa shape index (κ2) is 5.96. The van der Waals surface area contributed by atoms with Gasteiger partial charge in [0.15, 0.2) is 0 Å². The van der Waals surface area contributed by atoms with E-state index in [1.807, 2.05) is 0 Å². The van der Waals surface area contributed by atoms with Crippen LogP contribution in [0.25, 0.3) is 0 Å². The maximum atomic E-state index is 12.3. The molecule has 104 valence electrons. The van der Waals surface area contributed by atoms with Crippen molar-refractivity contribution in [2.75, 3.05) is 5.32 Å². The maximum Gasteiger partial charge on any atom is 0.387 e. The van der Waals surface area contributed by atoms with E-state index in [9.17, 15) is 13.6 Å². The smallest absolute Gasteiger partial charge is 0.387 e. The summed E-state index contributed by atoms with van der Waals surface area (Å²) in [5.41, 5.74) is 0.402. The van der Waals surface area contributed by atoms with Gasteiger partial charge in [0.25, 0.3) is 0 Å². The number of hydrogen-bond acceptors (Lipinski definition) is 4. The van der Waals surface area contributed by atoms with Crippen molar-refractivity contribution < 1.29 is 23.4 Å². The second-order valence-corrected chi connectivity index (χ2v) is 3.73. The number of alkyl halides is 2. The number of rotatable bonds is 5. The van der Waals surface area contributed by atoms with Gasteiger partial charge in [0, 0.05) is 12.4 Å². The Morgan fingerprint density at radius 2 is 2.00 bits per heavy atom. The number of carboxylic acids is 1. The number of ether oxygens (including phenoxy) is 1. The quantitative estimate of drug-likeness (QED) is 0.880. The highest BCUT2D eigenvalue weighted by molar-refractivity contribution is 5.94. The summed E-state index contributed by atoms with van der Waals surface area (Å²) in [4.78, 5) is 14.8. The topological polar surface area (TPSA) is 71.5 Å². The van der Waals surface area contributed by atoms with Crippen LogP contribution < -0.4 is 10.1 Å². The molecule has 1 aromatic carbocycles. The monoisotopic (exact) mass is 280 g/mol. The standard InChI is InChI=1S/C13H10F2N2O3/c14-13(15)20-11-4-2-1-3-10(11)17-9-5-6-16-7-8(9)12(18)19/h1-7,13H,(H,16,17)(H,18,19). The number of carbonyl (C=O) groups is 1. The number of pyridine rings is 1. The first-order valence-corrected chi connectivity index (χ1v) is 5.56. The van der Waals surface area contributed by atoms with Gasteiger partial charge in [-0.15, -0.1) is 0 Å². The van der Waals surface area contributed by atoms with E-state index in [1.165, 1.54) is 36.7 Å². The lowest BCUT2D eigenvalue weighted by molar-refractivity contribution is -0.0493. The minimum atomic E-state index is -2.96. The molecule has 0 radical (unpaired) electrons. The summed E-state index contributed by atoms with van der Waals surface area (Å²) in [6, 6.07) is 7.44. The van der Waals surface area contributed by atoms with Crippen LogP contribution in [-0.4, -0.2) is 22.7 Å². The SMILES string of the molecule is O=C(O)c1cnccc1Nc1ccccc1OC(F)F. The molecule has 0 spiro atoms. The van der Waals surface area contributed by atoms with Crippen LogP contribution in [0, 0.1) is 0 Å². The van der Waals surface area contributed by atoms with Gasteiger partial charge in [-0.3, -0.25) is 4.98 Å². The average Bonchev–Trinajstić information content (AvgIpc) is 2.41. The normalized spacial score (nSPS) is 10.3. The molecule has 0 saturated heterocycles. The molecule has 2 aromatic rings. The Morgan fingerprint density at radius 1 is 1.25 bits per heavy atom. The van der Waals surface area contributed by atoms with Gasteiger partial charge >= 0.3 is 12.6 Å². The molecule has 0 saturated carbocycles. The van der Waals surface area contributed by atoms with Gasteiger partial charge in [-0.25, -0.2) is 4.79 Å². The zero-order valence-corrected chi connectivity index (χ0v) is 10.1. The predicted molar refractivity (Wildman–Crippen MR) is 67.6 cm³/mol. The van der Waals surface area contributed by atoms with E-state index < -0.39 is 12.6 Å². The fourth-order valence-electron chi connectivity index (χ4n) is 1.59. The van der Waals surface area contributed by atoms with Gasteiger partial charge in [-0.2, -0.15) is 8.78 Å². The van der Waals surface area contributed by atoms with Crippen molar-refractivity contribution >= 4 is 17.3 Å². The van der Waals surface area contributed by atoms with Gasteiger partial charge in [-0.1, -0.05) is 12.1 Å². The van der Waals surface area contributed by atoms with E-state index >= 15 is 0 Å². The molecule has 0 amide bonds. The Labute approximate surface area is 112 Å². The highest BCUT2D eigenvalue weighted by Gasteiger charge is 2.13.